The van der Waals surface area contributed by atoms with Crippen LogP contribution < -0.4 is 0 Å². The molecule has 2 rings (SSSR count). The predicted octanol–water partition coefficient (Wildman–Crippen LogP) is 3.66. The molecule has 1 atom stereocenters. The molecule has 0 saturated carbocycles. The zero-order chi connectivity index (χ0) is 15.1. The molecule has 0 amide bonds. The minimum atomic E-state index is -0.295. The molecule has 2 aromatic rings. The van der Waals surface area contributed by atoms with Crippen molar-refractivity contribution in [1.82, 2.24) is 0 Å². The summed E-state index contributed by atoms with van der Waals surface area (Å²) in [5.41, 5.74) is 0.995. The van der Waals surface area contributed by atoms with E-state index >= 15 is 0 Å². The Morgan fingerprint density at radius 1 is 1.14 bits per heavy atom. The lowest BCUT2D eigenvalue weighted by atomic mass is 10.1. The Hall–Kier alpha value is -1.94. The molecule has 0 radical (unpaired) electrons. The number of carbonyl (C=O) groups is 1. The number of esters is 1. The van der Waals surface area contributed by atoms with Gasteiger partial charge in [0.05, 0.1) is 6.61 Å². The summed E-state index contributed by atoms with van der Waals surface area (Å²) in [5.74, 6) is 0.0153. The van der Waals surface area contributed by atoms with Crippen molar-refractivity contribution in [3.8, 4) is 5.75 Å². The number of benzene rings is 2. The Morgan fingerprint density at radius 3 is 2.43 bits per heavy atom. The highest BCUT2D eigenvalue weighted by Gasteiger charge is 2.21. The minimum absolute atomic E-state index is 0.209. The number of phenols is 1. The molecule has 0 fully saturated rings. The fraction of sp³-hybridized carbons (Fsp3) is 0.235. The Morgan fingerprint density at radius 2 is 1.81 bits per heavy atom. The summed E-state index contributed by atoms with van der Waals surface area (Å²) in [6, 6.07) is 16.7. The minimum Gasteiger partial charge on any atom is -0.508 e. The van der Waals surface area contributed by atoms with Crippen molar-refractivity contribution in [3.05, 3.63) is 60.2 Å². The molecule has 1 N–H and O–H groups in total. The molecule has 0 heterocycles. The highest BCUT2D eigenvalue weighted by Crippen LogP contribution is 2.27. The number of thioether (sulfide) groups is 1. The first-order valence-corrected chi connectivity index (χ1v) is 7.73. The molecule has 0 aliphatic carbocycles. The van der Waals surface area contributed by atoms with Crippen LogP contribution in [0.5, 0.6) is 5.75 Å². The van der Waals surface area contributed by atoms with Crippen LogP contribution in [-0.4, -0.2) is 22.9 Å². The number of carbonyl (C=O) groups excluding carboxylic acids is 1. The van der Waals surface area contributed by atoms with Gasteiger partial charge in [-0.15, -0.1) is 11.8 Å². The summed E-state index contributed by atoms with van der Waals surface area (Å²) in [6.07, 6.45) is 0.568. The quantitative estimate of drug-likeness (QED) is 0.653. The number of phenolic OH excluding ortho intramolecular Hbond substituents is 1. The molecule has 0 bridgehead atoms. The maximum Gasteiger partial charge on any atom is 0.319 e. The van der Waals surface area contributed by atoms with E-state index in [4.69, 9.17) is 4.74 Å². The van der Waals surface area contributed by atoms with Gasteiger partial charge in [-0.1, -0.05) is 30.3 Å². The van der Waals surface area contributed by atoms with E-state index < -0.39 is 0 Å². The maximum absolute atomic E-state index is 12.1. The van der Waals surface area contributed by atoms with Crippen LogP contribution in [0.25, 0.3) is 0 Å². The second-order valence-electron chi connectivity index (χ2n) is 4.54. The third-order valence-corrected chi connectivity index (χ3v) is 4.12. The van der Waals surface area contributed by atoms with E-state index in [2.05, 4.69) is 0 Å². The second-order valence-corrected chi connectivity index (χ2v) is 5.82. The third-order valence-electron chi connectivity index (χ3n) is 2.93. The van der Waals surface area contributed by atoms with Crippen molar-refractivity contribution < 1.29 is 14.6 Å². The van der Waals surface area contributed by atoms with E-state index in [1.807, 2.05) is 49.4 Å². The molecule has 0 saturated heterocycles. The van der Waals surface area contributed by atoms with Crippen molar-refractivity contribution in [2.75, 3.05) is 6.61 Å². The van der Waals surface area contributed by atoms with E-state index in [9.17, 15) is 9.90 Å². The van der Waals surface area contributed by atoms with E-state index in [-0.39, 0.29) is 17.0 Å². The Balaban J connectivity index is 2.11. The first kappa shape index (κ1) is 15.4. The van der Waals surface area contributed by atoms with E-state index in [1.54, 1.807) is 12.1 Å². The average molecular weight is 302 g/mol. The van der Waals surface area contributed by atoms with E-state index in [1.165, 1.54) is 11.8 Å². The van der Waals surface area contributed by atoms with Gasteiger partial charge in [0, 0.05) is 4.90 Å². The van der Waals surface area contributed by atoms with Gasteiger partial charge in [0.2, 0.25) is 0 Å². The maximum atomic E-state index is 12.1. The monoisotopic (exact) mass is 302 g/mol. The first-order valence-electron chi connectivity index (χ1n) is 6.85. The van der Waals surface area contributed by atoms with Crippen LogP contribution in [0.15, 0.2) is 59.5 Å². The van der Waals surface area contributed by atoms with Gasteiger partial charge in [0.25, 0.3) is 0 Å². The molecule has 4 heteroatoms. The summed E-state index contributed by atoms with van der Waals surface area (Å²) < 4.78 is 5.16. The van der Waals surface area contributed by atoms with Gasteiger partial charge in [-0.25, -0.2) is 0 Å². The van der Waals surface area contributed by atoms with E-state index in [0.29, 0.717) is 13.0 Å². The average Bonchev–Trinajstić information content (AvgIpc) is 2.50. The summed E-state index contributed by atoms with van der Waals surface area (Å²) in [4.78, 5) is 13.2. The number of rotatable bonds is 6. The predicted molar refractivity (Wildman–Crippen MR) is 84.5 cm³/mol. The molecular formula is C17H18O3S. The van der Waals surface area contributed by atoms with Crippen LogP contribution in [0.1, 0.15) is 12.5 Å². The van der Waals surface area contributed by atoms with Gasteiger partial charge >= 0.3 is 5.97 Å². The third kappa shape index (κ3) is 4.83. The fourth-order valence-corrected chi connectivity index (χ4v) is 3.00. The number of hydrogen-bond acceptors (Lipinski definition) is 4. The molecule has 0 aromatic heterocycles. The summed E-state index contributed by atoms with van der Waals surface area (Å²) in [7, 11) is 0. The van der Waals surface area contributed by atoms with Crippen LogP contribution in [-0.2, 0) is 16.0 Å². The molecule has 2 aromatic carbocycles. The van der Waals surface area contributed by atoms with Crippen molar-refractivity contribution in [2.24, 2.45) is 0 Å². The topological polar surface area (TPSA) is 46.5 Å². The molecule has 110 valence electrons. The molecular weight excluding hydrogens is 284 g/mol. The molecule has 0 spiro atoms. The van der Waals surface area contributed by atoms with Gasteiger partial charge in [-0.3, -0.25) is 4.79 Å². The van der Waals surface area contributed by atoms with Crippen molar-refractivity contribution in [1.29, 1.82) is 0 Å². The second kappa shape index (κ2) is 7.74. The van der Waals surface area contributed by atoms with Gasteiger partial charge in [-0.2, -0.15) is 0 Å². The lowest BCUT2D eigenvalue weighted by Crippen LogP contribution is -2.22. The zero-order valence-electron chi connectivity index (χ0n) is 11.9. The number of aromatic hydroxyl groups is 1. The highest BCUT2D eigenvalue weighted by molar-refractivity contribution is 8.00. The first-order chi connectivity index (χ1) is 10.2. The standard InChI is InChI=1S/C17H18O3S/c1-2-20-17(19)16(21-15-6-4-3-5-7-15)12-13-8-10-14(18)11-9-13/h3-11,16,18H,2,12H2,1H3. The molecule has 1 unspecified atom stereocenters. The lowest BCUT2D eigenvalue weighted by molar-refractivity contribution is -0.142. The Bertz CT molecular complexity index is 566. The van der Waals surface area contributed by atoms with Crippen molar-refractivity contribution in [3.63, 3.8) is 0 Å². The summed E-state index contributed by atoms with van der Waals surface area (Å²) in [6.45, 7) is 2.18. The van der Waals surface area contributed by atoms with Crippen molar-refractivity contribution in [2.45, 2.75) is 23.5 Å². The highest BCUT2D eigenvalue weighted by atomic mass is 32.2. The van der Waals surface area contributed by atoms with Crippen LogP contribution in [0.4, 0.5) is 0 Å². The SMILES string of the molecule is CCOC(=O)C(Cc1ccc(O)cc1)Sc1ccccc1. The van der Waals surface area contributed by atoms with Crippen LogP contribution in [0, 0.1) is 0 Å². The number of ether oxygens (including phenoxy) is 1. The molecule has 21 heavy (non-hydrogen) atoms. The van der Waals surface area contributed by atoms with E-state index in [0.717, 1.165) is 10.5 Å². The smallest absolute Gasteiger partial charge is 0.319 e. The van der Waals surface area contributed by atoms with Crippen molar-refractivity contribution >= 4 is 17.7 Å². The normalized spacial score (nSPS) is 11.9. The zero-order valence-corrected chi connectivity index (χ0v) is 12.7. The fourth-order valence-electron chi connectivity index (χ4n) is 1.92. The van der Waals surface area contributed by atoms with Crippen LogP contribution in [0.2, 0.25) is 0 Å². The van der Waals surface area contributed by atoms with Gasteiger partial charge < -0.3 is 9.84 Å². The molecule has 0 aliphatic heterocycles. The number of hydrogen-bond donors (Lipinski definition) is 1. The van der Waals surface area contributed by atoms with Crippen LogP contribution >= 0.6 is 11.8 Å². The van der Waals surface area contributed by atoms with Crippen LogP contribution in [0.3, 0.4) is 0 Å². The summed E-state index contributed by atoms with van der Waals surface area (Å²) in [5, 5.41) is 9.03. The summed E-state index contributed by atoms with van der Waals surface area (Å²) >= 11 is 1.50. The largest absolute Gasteiger partial charge is 0.508 e. The molecule has 3 nitrogen and oxygen atoms in total. The van der Waals surface area contributed by atoms with Gasteiger partial charge in [0.1, 0.15) is 11.0 Å². The Labute approximate surface area is 129 Å². The Kier molecular flexibility index (Phi) is 5.69. The van der Waals surface area contributed by atoms with Gasteiger partial charge in [-0.05, 0) is 43.2 Å². The molecule has 0 aliphatic rings. The van der Waals surface area contributed by atoms with Gasteiger partial charge in [0.15, 0.2) is 0 Å². The lowest BCUT2D eigenvalue weighted by Gasteiger charge is -2.15.